The number of amides is 1. The minimum atomic E-state index is -0.784. The van der Waals surface area contributed by atoms with E-state index in [1.165, 1.54) is 0 Å². The standard InChI is InChI=1S/C12H22N2O4/c1-18-7-3-5-12(11(16)17)4-2-6-14(9-12)8-10(13)15/h2-9H2,1H3,(H2,13,15)(H,16,17)/t12-/m1/s1. The van der Waals surface area contributed by atoms with Crippen molar-refractivity contribution in [3.8, 4) is 0 Å². The molecular weight excluding hydrogens is 236 g/mol. The van der Waals surface area contributed by atoms with Gasteiger partial charge < -0.3 is 15.6 Å². The van der Waals surface area contributed by atoms with Crippen LogP contribution < -0.4 is 5.73 Å². The molecule has 0 spiro atoms. The molecule has 0 radical (unpaired) electrons. The number of carbonyl (C=O) groups is 2. The number of carboxylic acids is 1. The number of aliphatic carboxylic acids is 1. The number of nitrogens with two attached hydrogens (primary N) is 1. The van der Waals surface area contributed by atoms with Gasteiger partial charge in [0.15, 0.2) is 0 Å². The van der Waals surface area contributed by atoms with Gasteiger partial charge in [0.05, 0.1) is 12.0 Å². The third-order valence-electron chi connectivity index (χ3n) is 3.49. The molecule has 18 heavy (non-hydrogen) atoms. The Morgan fingerprint density at radius 3 is 2.78 bits per heavy atom. The lowest BCUT2D eigenvalue weighted by Gasteiger charge is -2.39. The van der Waals surface area contributed by atoms with E-state index in [9.17, 15) is 14.7 Å². The van der Waals surface area contributed by atoms with Gasteiger partial charge in [0.1, 0.15) is 0 Å². The van der Waals surface area contributed by atoms with Gasteiger partial charge in [0.25, 0.3) is 0 Å². The molecule has 0 bridgehead atoms. The van der Waals surface area contributed by atoms with Gasteiger partial charge in [-0.3, -0.25) is 14.5 Å². The molecule has 104 valence electrons. The summed E-state index contributed by atoms with van der Waals surface area (Å²) >= 11 is 0. The second-order valence-corrected chi connectivity index (χ2v) is 4.96. The van der Waals surface area contributed by atoms with E-state index in [1.54, 1.807) is 7.11 Å². The summed E-state index contributed by atoms with van der Waals surface area (Å²) in [5.41, 5.74) is 4.40. The summed E-state index contributed by atoms with van der Waals surface area (Å²) in [6.45, 7) is 1.83. The van der Waals surface area contributed by atoms with Gasteiger partial charge in [-0.05, 0) is 32.2 Å². The minimum absolute atomic E-state index is 0.138. The molecule has 0 aliphatic carbocycles. The largest absolute Gasteiger partial charge is 0.481 e. The van der Waals surface area contributed by atoms with Crippen molar-refractivity contribution in [3.05, 3.63) is 0 Å². The van der Waals surface area contributed by atoms with Gasteiger partial charge in [-0.15, -0.1) is 0 Å². The Hall–Kier alpha value is -1.14. The molecule has 1 heterocycles. The van der Waals surface area contributed by atoms with Crippen LogP contribution in [-0.2, 0) is 14.3 Å². The SMILES string of the molecule is COCCC[C@]1(C(=O)O)CCCN(CC(N)=O)C1. The van der Waals surface area contributed by atoms with Crippen molar-refractivity contribution in [2.45, 2.75) is 25.7 Å². The molecule has 0 aromatic rings. The summed E-state index contributed by atoms with van der Waals surface area (Å²) in [6, 6.07) is 0. The fourth-order valence-corrected chi connectivity index (χ4v) is 2.62. The maximum atomic E-state index is 11.5. The zero-order valence-corrected chi connectivity index (χ0v) is 10.9. The summed E-state index contributed by atoms with van der Waals surface area (Å²) in [6.07, 6.45) is 2.73. The highest BCUT2D eigenvalue weighted by molar-refractivity contribution is 5.77. The normalized spacial score (nSPS) is 24.9. The van der Waals surface area contributed by atoms with E-state index >= 15 is 0 Å². The van der Waals surface area contributed by atoms with Crippen molar-refractivity contribution in [1.29, 1.82) is 0 Å². The van der Waals surface area contributed by atoms with Crippen LogP contribution in [0.4, 0.5) is 0 Å². The summed E-state index contributed by atoms with van der Waals surface area (Å²) in [7, 11) is 1.60. The maximum Gasteiger partial charge on any atom is 0.310 e. The van der Waals surface area contributed by atoms with Gasteiger partial charge >= 0.3 is 5.97 Å². The number of ether oxygens (including phenoxy) is 1. The van der Waals surface area contributed by atoms with Crippen LogP contribution in [0.1, 0.15) is 25.7 Å². The Bertz CT molecular complexity index is 308. The highest BCUT2D eigenvalue weighted by Crippen LogP contribution is 2.34. The molecule has 1 fully saturated rings. The molecule has 0 saturated carbocycles. The molecule has 0 aromatic heterocycles. The third-order valence-corrected chi connectivity index (χ3v) is 3.49. The summed E-state index contributed by atoms with van der Waals surface area (Å²) in [5.74, 6) is -1.19. The van der Waals surface area contributed by atoms with Crippen LogP contribution in [0.2, 0.25) is 0 Å². The second kappa shape index (κ2) is 6.70. The number of rotatable bonds is 7. The van der Waals surface area contributed by atoms with Gasteiger partial charge in [0.2, 0.25) is 5.91 Å². The van der Waals surface area contributed by atoms with E-state index in [1.807, 2.05) is 4.90 Å². The summed E-state index contributed by atoms with van der Waals surface area (Å²) in [5, 5.41) is 9.46. The molecule has 6 nitrogen and oxygen atoms in total. The number of nitrogens with zero attached hydrogens (tertiary/aromatic N) is 1. The monoisotopic (exact) mass is 258 g/mol. The zero-order valence-electron chi connectivity index (χ0n) is 10.9. The topological polar surface area (TPSA) is 92.9 Å². The van der Waals surface area contributed by atoms with E-state index < -0.39 is 17.3 Å². The fourth-order valence-electron chi connectivity index (χ4n) is 2.62. The third kappa shape index (κ3) is 3.96. The van der Waals surface area contributed by atoms with Crippen LogP contribution in [0.3, 0.4) is 0 Å². The van der Waals surface area contributed by atoms with E-state index in [0.717, 1.165) is 13.0 Å². The molecule has 1 saturated heterocycles. The molecule has 6 heteroatoms. The molecule has 1 amide bonds. The lowest BCUT2D eigenvalue weighted by atomic mass is 9.76. The first-order valence-electron chi connectivity index (χ1n) is 6.23. The van der Waals surface area contributed by atoms with Crippen molar-refractivity contribution in [2.24, 2.45) is 11.1 Å². The van der Waals surface area contributed by atoms with Crippen molar-refractivity contribution in [3.63, 3.8) is 0 Å². The number of hydrogen-bond donors (Lipinski definition) is 2. The predicted molar refractivity (Wildman–Crippen MR) is 66.0 cm³/mol. The van der Waals surface area contributed by atoms with E-state index in [-0.39, 0.29) is 6.54 Å². The maximum absolute atomic E-state index is 11.5. The number of primary amides is 1. The van der Waals surface area contributed by atoms with Gasteiger partial charge in [-0.2, -0.15) is 0 Å². The molecule has 0 unspecified atom stereocenters. The number of hydrogen-bond acceptors (Lipinski definition) is 4. The number of piperidine rings is 1. The molecule has 1 aliphatic heterocycles. The Morgan fingerprint density at radius 1 is 1.50 bits per heavy atom. The molecule has 3 N–H and O–H groups in total. The van der Waals surface area contributed by atoms with Gasteiger partial charge in [-0.25, -0.2) is 0 Å². The average Bonchev–Trinajstić information content (AvgIpc) is 2.28. The highest BCUT2D eigenvalue weighted by atomic mass is 16.5. The first kappa shape index (κ1) is 14.9. The van der Waals surface area contributed by atoms with Crippen molar-refractivity contribution in [1.82, 2.24) is 4.90 Å². The Balaban J connectivity index is 2.64. The van der Waals surface area contributed by atoms with Crippen LogP contribution in [0.25, 0.3) is 0 Å². The number of carbonyl (C=O) groups excluding carboxylic acids is 1. The molecule has 1 aliphatic rings. The predicted octanol–water partition coefficient (Wildman–Crippen LogP) is 0.0651. The van der Waals surface area contributed by atoms with Gasteiger partial charge in [0, 0.05) is 20.3 Å². The van der Waals surface area contributed by atoms with Crippen molar-refractivity contribution >= 4 is 11.9 Å². The average molecular weight is 258 g/mol. The Labute approximate surface area is 107 Å². The van der Waals surface area contributed by atoms with E-state index in [4.69, 9.17) is 10.5 Å². The first-order chi connectivity index (χ1) is 8.50. The summed E-state index contributed by atoms with van der Waals surface area (Å²) in [4.78, 5) is 24.3. The van der Waals surface area contributed by atoms with Crippen molar-refractivity contribution in [2.75, 3.05) is 33.4 Å². The Morgan fingerprint density at radius 2 is 2.22 bits per heavy atom. The smallest absolute Gasteiger partial charge is 0.310 e. The number of carboxylic acid groups (broad SMARTS) is 1. The van der Waals surface area contributed by atoms with Crippen LogP contribution in [0, 0.1) is 5.41 Å². The highest BCUT2D eigenvalue weighted by Gasteiger charge is 2.41. The second-order valence-electron chi connectivity index (χ2n) is 4.96. The molecule has 0 aromatic carbocycles. The van der Waals surface area contributed by atoms with Crippen LogP contribution in [0.15, 0.2) is 0 Å². The minimum Gasteiger partial charge on any atom is -0.481 e. The lowest BCUT2D eigenvalue weighted by Crippen LogP contribution is -2.50. The fraction of sp³-hybridized carbons (Fsp3) is 0.833. The Kier molecular flexibility index (Phi) is 5.55. The zero-order chi connectivity index (χ0) is 13.6. The van der Waals surface area contributed by atoms with Crippen LogP contribution >= 0.6 is 0 Å². The molecule has 1 atom stereocenters. The molecular formula is C12H22N2O4. The van der Waals surface area contributed by atoms with Crippen LogP contribution in [-0.4, -0.2) is 55.2 Å². The lowest BCUT2D eigenvalue weighted by molar-refractivity contribution is -0.154. The van der Waals surface area contributed by atoms with E-state index in [0.29, 0.717) is 32.4 Å². The quantitative estimate of drug-likeness (QED) is 0.630. The first-order valence-corrected chi connectivity index (χ1v) is 6.23. The number of likely N-dealkylation sites (tertiary alicyclic amines) is 1. The van der Waals surface area contributed by atoms with Crippen molar-refractivity contribution < 1.29 is 19.4 Å². The molecule has 1 rings (SSSR count). The van der Waals surface area contributed by atoms with E-state index in [2.05, 4.69) is 0 Å². The number of methoxy groups -OCH3 is 1. The summed E-state index contributed by atoms with van der Waals surface area (Å²) < 4.78 is 4.97. The van der Waals surface area contributed by atoms with Gasteiger partial charge in [-0.1, -0.05) is 0 Å². The van der Waals surface area contributed by atoms with Crippen LogP contribution in [0.5, 0.6) is 0 Å².